The Balaban J connectivity index is 0. The maximum absolute atomic E-state index is 9.76. The van der Waals surface area contributed by atoms with Gasteiger partial charge in [-0.15, -0.1) is 0 Å². The van der Waals surface area contributed by atoms with Crippen molar-refractivity contribution in [2.75, 3.05) is 5.75 Å². The van der Waals surface area contributed by atoms with Crippen LogP contribution in [0.15, 0.2) is 0 Å². The van der Waals surface area contributed by atoms with Gasteiger partial charge in [0.05, 0.1) is 0 Å². The minimum atomic E-state index is -1.00. The number of rotatable bonds is 2. The van der Waals surface area contributed by atoms with E-state index in [0.717, 1.165) is 0 Å². The minimum absolute atomic E-state index is 0. The average molecular weight is 234 g/mol. The molecule has 0 aliphatic heterocycles. The second-order valence-corrected chi connectivity index (χ2v) is 1.49. The second kappa shape index (κ2) is 5.83. The molecule has 0 heterocycles. The van der Waals surface area contributed by atoms with E-state index in [1.165, 1.54) is 0 Å². The molecule has 0 aliphatic carbocycles. The molecule has 42 valence electrons. The average Bonchev–Trinajstić information content (AvgIpc) is 1.65. The third-order valence-corrected chi connectivity index (χ3v) is 0.907. The molecule has 8 heavy (non-hydrogen) atoms. The van der Waals surface area contributed by atoms with Crippen LogP contribution in [0.25, 0.3) is 0 Å². The van der Waals surface area contributed by atoms with Crippen molar-refractivity contribution in [3.63, 3.8) is 0 Å². The van der Waals surface area contributed by atoms with Crippen LogP contribution in [-0.4, -0.2) is 22.9 Å². The molecule has 0 amide bonds. The van der Waals surface area contributed by atoms with E-state index in [4.69, 9.17) is 10.8 Å². The van der Waals surface area contributed by atoms with Gasteiger partial charge in [0.1, 0.15) is 6.04 Å². The van der Waals surface area contributed by atoms with E-state index in [2.05, 4.69) is 12.6 Å². The molecule has 0 radical (unpaired) electrons. The largest absolute Gasteiger partial charge is 2.00 e. The maximum atomic E-state index is 9.76. The Labute approximate surface area is 73.2 Å². The van der Waals surface area contributed by atoms with Crippen LogP contribution in [0.1, 0.15) is 0 Å². The van der Waals surface area contributed by atoms with E-state index in [9.17, 15) is 4.79 Å². The van der Waals surface area contributed by atoms with E-state index < -0.39 is 12.0 Å². The summed E-state index contributed by atoms with van der Waals surface area (Å²) in [4.78, 5) is 9.76. The van der Waals surface area contributed by atoms with Gasteiger partial charge in [-0.05, 0) is 0 Å². The van der Waals surface area contributed by atoms with Gasteiger partial charge >= 0.3 is 33.3 Å². The predicted molar refractivity (Wildman–Crippen MR) is 29.5 cm³/mol. The first-order valence-corrected chi connectivity index (χ1v) is 2.41. The van der Waals surface area contributed by atoms with Crippen molar-refractivity contribution >= 4 is 18.6 Å². The number of hydrogen-bond donors (Lipinski definition) is 3. The summed E-state index contributed by atoms with van der Waals surface area (Å²) >= 11 is 3.65. The van der Waals surface area contributed by atoms with Gasteiger partial charge in [-0.25, -0.2) is 0 Å². The van der Waals surface area contributed by atoms with Crippen LogP contribution in [0.3, 0.4) is 0 Å². The van der Waals surface area contributed by atoms with Crippen LogP contribution in [0.4, 0.5) is 0 Å². The zero-order valence-corrected chi connectivity index (χ0v) is 9.30. The second-order valence-electron chi connectivity index (χ2n) is 1.13. The van der Waals surface area contributed by atoms with Crippen molar-refractivity contribution in [2.24, 2.45) is 5.73 Å². The van der Waals surface area contributed by atoms with Crippen molar-refractivity contribution in [3.05, 3.63) is 0 Å². The van der Waals surface area contributed by atoms with Crippen LogP contribution >= 0.6 is 12.6 Å². The summed E-state index contributed by atoms with van der Waals surface area (Å²) in [6.07, 6.45) is 0. The van der Waals surface area contributed by atoms with E-state index >= 15 is 0 Å². The predicted octanol–water partition coefficient (Wildman–Crippen LogP) is -0.674. The maximum Gasteiger partial charge on any atom is 2.00 e. The fraction of sp³-hybridized carbons (Fsp3) is 0.667. The quantitative estimate of drug-likeness (QED) is 0.438. The summed E-state index contributed by atoms with van der Waals surface area (Å²) in [5.74, 6) is -0.815. The number of carbonyl (C=O) groups is 1. The van der Waals surface area contributed by atoms with Gasteiger partial charge in [-0.3, -0.25) is 4.79 Å². The van der Waals surface area contributed by atoms with Gasteiger partial charge in [-0.1, -0.05) is 0 Å². The molecule has 5 heteroatoms. The first-order chi connectivity index (χ1) is 3.18. The zero-order chi connectivity index (χ0) is 5.86. The summed E-state index contributed by atoms with van der Waals surface area (Å²) in [7, 11) is 0. The van der Waals surface area contributed by atoms with Crippen molar-refractivity contribution in [2.45, 2.75) is 6.04 Å². The van der Waals surface area contributed by atoms with E-state index in [-0.39, 0.29) is 33.1 Å². The molecule has 0 saturated carbocycles. The zero-order valence-electron chi connectivity index (χ0n) is 4.37. The molecule has 3 nitrogen and oxygen atoms in total. The van der Waals surface area contributed by atoms with Crippen molar-refractivity contribution in [3.8, 4) is 0 Å². The SMILES string of the molecule is N[C@@H](CS)C(=O)O.[Cd+2]. The fourth-order valence-electron chi connectivity index (χ4n) is 0.0781. The molecule has 0 aliphatic rings. The number of carboxylic acid groups (broad SMARTS) is 1. The van der Waals surface area contributed by atoms with Gasteiger partial charge in [0, 0.05) is 5.75 Å². The third-order valence-electron chi connectivity index (χ3n) is 0.514. The van der Waals surface area contributed by atoms with E-state index in [1.54, 1.807) is 0 Å². The minimum Gasteiger partial charge on any atom is -0.480 e. The Bertz CT molecular complexity index is 79.7. The molecule has 3 N–H and O–H groups in total. The van der Waals surface area contributed by atoms with E-state index in [1.807, 2.05) is 0 Å². The Morgan fingerprint density at radius 2 is 2.25 bits per heavy atom. The Kier molecular flexibility index (Phi) is 8.38. The van der Waals surface area contributed by atoms with Crippen molar-refractivity contribution < 1.29 is 37.2 Å². The Hall–Kier alpha value is 0.702. The molecule has 0 spiro atoms. The summed E-state index contributed by atoms with van der Waals surface area (Å²) in [6, 6.07) is -0.816. The molecule has 0 aromatic heterocycles. The molecular weight excluding hydrogens is 227 g/mol. The Morgan fingerprint density at radius 3 is 2.25 bits per heavy atom. The number of hydrogen-bond acceptors (Lipinski definition) is 3. The standard InChI is InChI=1S/C3H7NO2S.Cd/c4-2(1-7)3(5)6;/h2,7H,1,4H2,(H,5,6);/q;+2/t2-;/m0./s1. The molecule has 0 unspecified atom stereocenters. The van der Waals surface area contributed by atoms with Crippen LogP contribution in [-0.2, 0) is 32.1 Å². The monoisotopic (exact) mass is 235 g/mol. The van der Waals surface area contributed by atoms with Gasteiger partial charge in [0.15, 0.2) is 0 Å². The normalized spacial score (nSPS) is 11.8. The molecule has 0 rings (SSSR count). The van der Waals surface area contributed by atoms with Gasteiger partial charge < -0.3 is 10.8 Å². The topological polar surface area (TPSA) is 63.3 Å². The molecule has 1 atom stereocenters. The van der Waals surface area contributed by atoms with Gasteiger partial charge in [0.2, 0.25) is 0 Å². The molecule has 0 aromatic rings. The third kappa shape index (κ3) is 4.85. The van der Waals surface area contributed by atoms with Crippen LogP contribution in [0.2, 0.25) is 0 Å². The smallest absolute Gasteiger partial charge is 0.480 e. The summed E-state index contributed by atoms with van der Waals surface area (Å²) < 4.78 is 0. The van der Waals surface area contributed by atoms with Crippen LogP contribution in [0.5, 0.6) is 0 Å². The molecule has 0 fully saturated rings. The van der Waals surface area contributed by atoms with Crippen LogP contribution < -0.4 is 5.73 Å². The number of thiol groups is 1. The fourth-order valence-corrected chi connectivity index (χ4v) is 0.234. The number of nitrogens with two attached hydrogens (primary N) is 1. The summed E-state index contributed by atoms with van der Waals surface area (Å²) in [5, 5.41) is 8.01. The molecule has 0 saturated heterocycles. The summed E-state index contributed by atoms with van der Waals surface area (Å²) in [5.41, 5.74) is 4.94. The molecule has 0 aromatic carbocycles. The van der Waals surface area contributed by atoms with Gasteiger partial charge in [-0.2, -0.15) is 12.6 Å². The summed E-state index contributed by atoms with van der Waals surface area (Å²) in [6.45, 7) is 0. The van der Waals surface area contributed by atoms with Crippen LogP contribution in [0, 0.1) is 0 Å². The first kappa shape index (κ1) is 11.5. The van der Waals surface area contributed by atoms with Gasteiger partial charge in [0.25, 0.3) is 0 Å². The number of aliphatic carboxylic acids is 1. The molecular formula is C3H7CdNO2S+2. The van der Waals surface area contributed by atoms with Crippen molar-refractivity contribution in [1.82, 2.24) is 0 Å². The number of carboxylic acids is 1. The van der Waals surface area contributed by atoms with E-state index in [0.29, 0.717) is 0 Å². The molecule has 0 bridgehead atoms. The first-order valence-electron chi connectivity index (χ1n) is 1.77. The van der Waals surface area contributed by atoms with Crippen molar-refractivity contribution in [1.29, 1.82) is 0 Å². The Morgan fingerprint density at radius 1 is 1.88 bits per heavy atom.